The molecule has 3 aromatic rings. The molecule has 0 unspecified atom stereocenters. The molecule has 1 aromatic heterocycles. The van der Waals surface area contributed by atoms with E-state index in [1.54, 1.807) is 7.11 Å². The van der Waals surface area contributed by atoms with E-state index in [4.69, 9.17) is 19.6 Å². The third kappa shape index (κ3) is 7.14. The van der Waals surface area contributed by atoms with Crippen molar-refractivity contribution in [2.24, 2.45) is 0 Å². The van der Waals surface area contributed by atoms with E-state index < -0.39 is 12.1 Å². The van der Waals surface area contributed by atoms with Crippen LogP contribution in [0.4, 0.5) is 13.2 Å². The second-order valence-electron chi connectivity index (χ2n) is 7.07. The van der Waals surface area contributed by atoms with Crippen molar-refractivity contribution in [3.8, 4) is 17.0 Å². The smallest absolute Gasteiger partial charge is 0.490 e. The summed E-state index contributed by atoms with van der Waals surface area (Å²) >= 11 is 0. The number of aliphatic carboxylic acids is 1. The van der Waals surface area contributed by atoms with Gasteiger partial charge in [-0.15, -0.1) is 0 Å². The second-order valence-corrected chi connectivity index (χ2v) is 7.07. The summed E-state index contributed by atoms with van der Waals surface area (Å²) in [7, 11) is 1.73. The summed E-state index contributed by atoms with van der Waals surface area (Å²) < 4.78 is 39.5. The van der Waals surface area contributed by atoms with E-state index in [9.17, 15) is 13.2 Å². The molecule has 0 aliphatic rings. The molecule has 0 aliphatic heterocycles. The van der Waals surface area contributed by atoms with Crippen LogP contribution in [0.25, 0.3) is 11.3 Å². The molecule has 3 rings (SSSR count). The molecule has 0 spiro atoms. The highest BCUT2D eigenvalue weighted by Gasteiger charge is 2.38. The van der Waals surface area contributed by atoms with Gasteiger partial charge < -0.3 is 14.4 Å². The third-order valence-corrected chi connectivity index (χ3v) is 4.82. The van der Waals surface area contributed by atoms with Gasteiger partial charge in [-0.2, -0.15) is 13.2 Å². The Bertz CT molecular complexity index is 986. The maximum Gasteiger partial charge on any atom is 0.490 e. The lowest BCUT2D eigenvalue weighted by Crippen LogP contribution is -2.21. The average Bonchev–Trinajstić information content (AvgIpc) is 3.19. The Hall–Kier alpha value is -3.29. The number of aryl methyl sites for hydroxylation is 2. The van der Waals surface area contributed by atoms with Crippen molar-refractivity contribution in [2.75, 3.05) is 7.11 Å². The van der Waals surface area contributed by atoms with Crippen molar-refractivity contribution in [1.82, 2.24) is 9.55 Å². The molecule has 1 heterocycles. The van der Waals surface area contributed by atoms with Crippen LogP contribution in [0.1, 0.15) is 31.0 Å². The number of carbonyl (C=O) groups is 1. The van der Waals surface area contributed by atoms with Crippen LogP contribution in [0, 0.1) is 0 Å². The second kappa shape index (κ2) is 11.9. The number of rotatable bonds is 8. The van der Waals surface area contributed by atoms with Crippen molar-refractivity contribution in [1.29, 1.82) is 0 Å². The number of para-hydroxylation sites is 1. The molecule has 8 heteroatoms. The molecule has 0 aliphatic carbocycles. The van der Waals surface area contributed by atoms with E-state index in [0.717, 1.165) is 30.8 Å². The monoisotopic (exact) mass is 448 g/mol. The number of alkyl halides is 3. The lowest BCUT2D eigenvalue weighted by Gasteiger charge is -2.12. The molecule has 0 amide bonds. The summed E-state index contributed by atoms with van der Waals surface area (Å²) in [6, 6.07) is 18.7. The van der Waals surface area contributed by atoms with E-state index >= 15 is 0 Å². The minimum Gasteiger partial charge on any atom is -0.496 e. The highest BCUT2D eigenvalue weighted by molar-refractivity contribution is 5.73. The topological polar surface area (TPSA) is 64.4 Å². The number of nitrogens with zero attached hydrogens (tertiary/aromatic N) is 2. The number of methoxy groups -OCH3 is 1. The number of halogens is 3. The molecule has 1 N–H and O–H groups in total. The molecule has 0 saturated carbocycles. The summed E-state index contributed by atoms with van der Waals surface area (Å²) in [6.07, 6.45) is 1.27. The zero-order valence-corrected chi connectivity index (χ0v) is 18.1. The van der Waals surface area contributed by atoms with Crippen LogP contribution >= 0.6 is 0 Å². The van der Waals surface area contributed by atoms with Crippen molar-refractivity contribution in [2.45, 2.75) is 45.3 Å². The molecule has 0 saturated heterocycles. The zero-order valence-electron chi connectivity index (χ0n) is 18.1. The van der Waals surface area contributed by atoms with Crippen molar-refractivity contribution >= 4 is 5.97 Å². The maximum atomic E-state index is 10.6. The molecule has 0 radical (unpaired) electrons. The number of carboxylic acids is 1. The van der Waals surface area contributed by atoms with Gasteiger partial charge in [-0.25, -0.2) is 9.78 Å². The average molecular weight is 448 g/mol. The van der Waals surface area contributed by atoms with E-state index in [-0.39, 0.29) is 0 Å². The Morgan fingerprint density at radius 1 is 1.06 bits per heavy atom. The first-order valence-electron chi connectivity index (χ1n) is 10.3. The number of unbranched alkanes of at least 4 members (excludes halogenated alkanes) is 1. The quantitative estimate of drug-likeness (QED) is 0.475. The first-order valence-corrected chi connectivity index (χ1v) is 10.3. The normalized spacial score (nSPS) is 10.9. The lowest BCUT2D eigenvalue weighted by molar-refractivity contribution is -0.192. The van der Waals surface area contributed by atoms with Crippen LogP contribution < -0.4 is 4.74 Å². The van der Waals surface area contributed by atoms with Crippen LogP contribution in [0.2, 0.25) is 0 Å². The molecule has 32 heavy (non-hydrogen) atoms. The number of carboxylic acid groups (broad SMARTS) is 1. The van der Waals surface area contributed by atoms with Crippen molar-refractivity contribution < 1.29 is 27.8 Å². The number of ether oxygens (including phenoxy) is 1. The molecule has 5 nitrogen and oxygen atoms in total. The molecule has 2 aromatic carbocycles. The Kier molecular flexibility index (Phi) is 9.31. The molecule has 0 bridgehead atoms. The summed E-state index contributed by atoms with van der Waals surface area (Å²) in [6.45, 7) is 3.15. The van der Waals surface area contributed by atoms with Crippen molar-refractivity contribution in [3.63, 3.8) is 0 Å². The van der Waals surface area contributed by atoms with Gasteiger partial charge in [-0.05, 0) is 30.9 Å². The van der Waals surface area contributed by atoms with Gasteiger partial charge in [0.25, 0.3) is 0 Å². The number of hydrogen-bond acceptors (Lipinski definition) is 3. The fraction of sp³-hybridized carbons (Fsp3) is 0.333. The van der Waals surface area contributed by atoms with Gasteiger partial charge in [0.1, 0.15) is 5.75 Å². The lowest BCUT2D eigenvalue weighted by atomic mass is 10.1. The van der Waals surface area contributed by atoms with Gasteiger partial charge in [0.2, 0.25) is 0 Å². The minimum atomic E-state index is -5.08. The van der Waals surface area contributed by atoms with Gasteiger partial charge in [0.05, 0.1) is 19.1 Å². The Morgan fingerprint density at radius 3 is 2.28 bits per heavy atom. The molecular weight excluding hydrogens is 421 g/mol. The summed E-state index contributed by atoms with van der Waals surface area (Å²) in [5.41, 5.74) is 4.89. The Labute approximate surface area is 185 Å². The van der Waals surface area contributed by atoms with Crippen LogP contribution in [0.3, 0.4) is 0 Å². The standard InChI is InChI=1S/C22H26N2O.C2HF3O2/c1-3-4-13-20-22(19-11-6-5-7-12-19)23-17-24(20)16-15-18-10-8-9-14-21(18)25-2;3-2(4,5)1(6)7/h5-12,14,17H,3-4,13,15-16H2,1-2H3;(H,6,7). The van der Waals surface area contributed by atoms with E-state index in [1.807, 2.05) is 24.5 Å². The summed E-state index contributed by atoms with van der Waals surface area (Å²) in [5.74, 6) is -1.80. The first kappa shape index (κ1) is 25.0. The highest BCUT2D eigenvalue weighted by atomic mass is 19.4. The maximum absolute atomic E-state index is 10.6. The van der Waals surface area contributed by atoms with Gasteiger partial charge in [-0.3, -0.25) is 0 Å². The number of benzene rings is 2. The molecule has 0 fully saturated rings. The van der Waals surface area contributed by atoms with Gasteiger partial charge in [0.15, 0.2) is 0 Å². The van der Waals surface area contributed by atoms with Gasteiger partial charge in [0, 0.05) is 17.8 Å². The van der Waals surface area contributed by atoms with Crippen LogP contribution in [0.5, 0.6) is 5.75 Å². The predicted molar refractivity (Wildman–Crippen MR) is 117 cm³/mol. The fourth-order valence-corrected chi connectivity index (χ4v) is 3.19. The predicted octanol–water partition coefficient (Wildman–Crippen LogP) is 5.78. The number of aromatic nitrogens is 2. The van der Waals surface area contributed by atoms with Gasteiger partial charge in [-0.1, -0.05) is 61.9 Å². The van der Waals surface area contributed by atoms with Crippen LogP contribution in [0.15, 0.2) is 60.9 Å². The molecule has 0 atom stereocenters. The Morgan fingerprint density at radius 2 is 1.69 bits per heavy atom. The summed E-state index contributed by atoms with van der Waals surface area (Å²) in [5, 5.41) is 7.12. The molecular formula is C24H27F3N2O3. The minimum absolute atomic E-state index is 0.916. The van der Waals surface area contributed by atoms with E-state index in [0.29, 0.717) is 0 Å². The SMILES string of the molecule is CCCCc1c(-c2ccccc2)ncn1CCc1ccccc1OC.O=C(O)C(F)(F)F. The highest BCUT2D eigenvalue weighted by Crippen LogP contribution is 2.25. The largest absolute Gasteiger partial charge is 0.496 e. The Balaban J connectivity index is 0.000000451. The van der Waals surface area contributed by atoms with E-state index in [2.05, 4.69) is 47.9 Å². The van der Waals surface area contributed by atoms with Crippen molar-refractivity contribution in [3.05, 3.63) is 72.2 Å². The van der Waals surface area contributed by atoms with Crippen LogP contribution in [-0.2, 0) is 24.2 Å². The van der Waals surface area contributed by atoms with Crippen LogP contribution in [-0.4, -0.2) is 33.9 Å². The first-order chi connectivity index (χ1) is 15.3. The third-order valence-electron chi connectivity index (χ3n) is 4.82. The fourth-order valence-electron chi connectivity index (χ4n) is 3.19. The molecule has 172 valence electrons. The van der Waals surface area contributed by atoms with Gasteiger partial charge >= 0.3 is 12.1 Å². The summed E-state index contributed by atoms with van der Waals surface area (Å²) in [4.78, 5) is 13.6. The van der Waals surface area contributed by atoms with E-state index in [1.165, 1.54) is 29.7 Å². The number of hydrogen-bond donors (Lipinski definition) is 1. The zero-order chi connectivity index (χ0) is 23.6. The number of imidazole rings is 1.